The monoisotopic (exact) mass is 284 g/mol. The summed E-state index contributed by atoms with van der Waals surface area (Å²) in [7, 11) is 3.88. The number of ether oxygens (including phenoxy) is 1. The van der Waals surface area contributed by atoms with Crippen molar-refractivity contribution in [3.63, 3.8) is 0 Å². The van der Waals surface area contributed by atoms with Crippen molar-refractivity contribution in [1.29, 1.82) is 0 Å². The van der Waals surface area contributed by atoms with E-state index in [0.29, 0.717) is 0 Å². The van der Waals surface area contributed by atoms with Gasteiger partial charge in [-0.25, -0.2) is 0 Å². The van der Waals surface area contributed by atoms with Crippen molar-refractivity contribution in [3.05, 3.63) is 22.7 Å². The molecule has 0 saturated carbocycles. The smallest absolute Gasteiger partial charge is 0.156 e. The van der Waals surface area contributed by atoms with Gasteiger partial charge in [-0.05, 0) is 35.1 Å². The minimum absolute atomic E-state index is 0.937. The Kier molecular flexibility index (Phi) is 3.71. The molecule has 0 aliphatic carbocycles. The van der Waals surface area contributed by atoms with E-state index in [-0.39, 0.29) is 0 Å². The minimum Gasteiger partial charge on any atom is -0.493 e. The summed E-state index contributed by atoms with van der Waals surface area (Å²) in [5.41, 5.74) is 1.19. The predicted octanol–water partition coefficient (Wildman–Crippen LogP) is 2.21. The van der Waals surface area contributed by atoms with Gasteiger partial charge in [-0.1, -0.05) is 6.07 Å². The van der Waals surface area contributed by atoms with Gasteiger partial charge in [0.15, 0.2) is 5.75 Å². The summed E-state index contributed by atoms with van der Waals surface area (Å²) < 4.78 is 6.47. The highest BCUT2D eigenvalue weighted by molar-refractivity contribution is 9.10. The van der Waals surface area contributed by atoms with Crippen LogP contribution in [0.4, 0.5) is 5.69 Å². The first kappa shape index (κ1) is 11.7. The Morgan fingerprint density at radius 1 is 1.19 bits per heavy atom. The molecule has 0 bridgehead atoms. The van der Waals surface area contributed by atoms with Gasteiger partial charge in [0.05, 0.1) is 17.3 Å². The van der Waals surface area contributed by atoms with Crippen LogP contribution in [0, 0.1) is 0 Å². The van der Waals surface area contributed by atoms with E-state index in [0.717, 1.165) is 36.4 Å². The Morgan fingerprint density at radius 2 is 1.88 bits per heavy atom. The van der Waals surface area contributed by atoms with Crippen LogP contribution in [0.25, 0.3) is 0 Å². The van der Waals surface area contributed by atoms with Crippen LogP contribution in [0.3, 0.4) is 0 Å². The topological polar surface area (TPSA) is 15.7 Å². The second kappa shape index (κ2) is 5.06. The summed E-state index contributed by atoms with van der Waals surface area (Å²) in [6.07, 6.45) is 0. The lowest BCUT2D eigenvalue weighted by Gasteiger charge is -2.34. The maximum absolute atomic E-state index is 5.45. The normalized spacial score (nSPS) is 17.6. The summed E-state index contributed by atoms with van der Waals surface area (Å²) in [6, 6.07) is 6.19. The van der Waals surface area contributed by atoms with Crippen molar-refractivity contribution in [2.75, 3.05) is 45.2 Å². The molecule has 3 nitrogen and oxygen atoms in total. The fourth-order valence-electron chi connectivity index (χ4n) is 2.00. The number of benzene rings is 1. The molecular weight excluding hydrogens is 268 g/mol. The molecule has 1 aliphatic rings. The summed E-state index contributed by atoms with van der Waals surface area (Å²) in [6.45, 7) is 4.33. The average Bonchev–Trinajstić information content (AvgIpc) is 2.30. The van der Waals surface area contributed by atoms with Crippen LogP contribution < -0.4 is 9.64 Å². The zero-order valence-corrected chi connectivity index (χ0v) is 11.3. The Balaban J connectivity index is 2.23. The molecule has 0 unspecified atom stereocenters. The summed E-state index contributed by atoms with van der Waals surface area (Å²) in [4.78, 5) is 4.73. The molecule has 1 fully saturated rings. The summed E-state index contributed by atoms with van der Waals surface area (Å²) in [5.74, 6) is 0.937. The van der Waals surface area contributed by atoms with E-state index in [4.69, 9.17) is 4.74 Å². The molecule has 2 rings (SSSR count). The molecule has 0 spiro atoms. The molecule has 0 atom stereocenters. The SMILES string of the molecule is COc1c(Br)cccc1N1CCN(C)CC1. The van der Waals surface area contributed by atoms with E-state index in [1.165, 1.54) is 5.69 Å². The molecule has 1 heterocycles. The summed E-state index contributed by atoms with van der Waals surface area (Å²) in [5, 5.41) is 0. The number of rotatable bonds is 2. The van der Waals surface area contributed by atoms with Crippen LogP contribution in [0.5, 0.6) is 5.75 Å². The molecule has 0 radical (unpaired) electrons. The zero-order chi connectivity index (χ0) is 11.5. The second-order valence-electron chi connectivity index (χ2n) is 4.08. The van der Waals surface area contributed by atoms with E-state index >= 15 is 0 Å². The van der Waals surface area contributed by atoms with E-state index < -0.39 is 0 Å². The third-order valence-electron chi connectivity index (χ3n) is 2.99. The van der Waals surface area contributed by atoms with E-state index in [9.17, 15) is 0 Å². The van der Waals surface area contributed by atoms with Crippen LogP contribution in [0.1, 0.15) is 0 Å². The van der Waals surface area contributed by atoms with Gasteiger partial charge < -0.3 is 14.5 Å². The van der Waals surface area contributed by atoms with Crippen molar-refractivity contribution in [3.8, 4) is 5.75 Å². The van der Waals surface area contributed by atoms with E-state index in [1.807, 2.05) is 6.07 Å². The molecule has 1 aromatic carbocycles. The number of likely N-dealkylation sites (N-methyl/N-ethyl adjacent to an activating group) is 1. The van der Waals surface area contributed by atoms with Gasteiger partial charge in [0.2, 0.25) is 0 Å². The Labute approximate surface area is 105 Å². The number of halogens is 1. The molecule has 16 heavy (non-hydrogen) atoms. The zero-order valence-electron chi connectivity index (χ0n) is 9.74. The van der Waals surface area contributed by atoms with Gasteiger partial charge >= 0.3 is 0 Å². The van der Waals surface area contributed by atoms with Gasteiger partial charge in [-0.3, -0.25) is 0 Å². The van der Waals surface area contributed by atoms with Crippen molar-refractivity contribution in [1.82, 2.24) is 4.90 Å². The Bertz CT molecular complexity index is 362. The van der Waals surface area contributed by atoms with Gasteiger partial charge in [0.1, 0.15) is 0 Å². The van der Waals surface area contributed by atoms with Crippen molar-refractivity contribution in [2.45, 2.75) is 0 Å². The first-order valence-electron chi connectivity index (χ1n) is 5.48. The number of nitrogens with zero attached hydrogens (tertiary/aromatic N) is 2. The third kappa shape index (κ3) is 2.33. The lowest BCUT2D eigenvalue weighted by Crippen LogP contribution is -2.44. The Hall–Kier alpha value is -0.740. The highest BCUT2D eigenvalue weighted by atomic mass is 79.9. The van der Waals surface area contributed by atoms with Crippen LogP contribution >= 0.6 is 15.9 Å². The first-order valence-corrected chi connectivity index (χ1v) is 6.27. The molecule has 0 amide bonds. The number of para-hydroxylation sites is 1. The molecule has 1 aliphatic heterocycles. The molecule has 1 aromatic rings. The van der Waals surface area contributed by atoms with Crippen molar-refractivity contribution < 1.29 is 4.74 Å². The molecule has 0 aromatic heterocycles. The number of piperazine rings is 1. The maximum atomic E-state index is 5.45. The first-order chi connectivity index (χ1) is 7.72. The fraction of sp³-hybridized carbons (Fsp3) is 0.500. The van der Waals surface area contributed by atoms with Gasteiger partial charge in [0.25, 0.3) is 0 Å². The molecular formula is C12H17BrN2O. The Morgan fingerprint density at radius 3 is 2.50 bits per heavy atom. The van der Waals surface area contributed by atoms with Gasteiger partial charge in [0, 0.05) is 26.2 Å². The molecule has 1 saturated heterocycles. The predicted molar refractivity (Wildman–Crippen MR) is 70.4 cm³/mol. The quantitative estimate of drug-likeness (QED) is 0.828. The highest BCUT2D eigenvalue weighted by Gasteiger charge is 2.18. The number of methoxy groups -OCH3 is 1. The van der Waals surface area contributed by atoms with E-state index in [1.54, 1.807) is 7.11 Å². The highest BCUT2D eigenvalue weighted by Crippen LogP contribution is 2.35. The van der Waals surface area contributed by atoms with E-state index in [2.05, 4.69) is 44.9 Å². The lowest BCUT2D eigenvalue weighted by molar-refractivity contribution is 0.311. The van der Waals surface area contributed by atoms with Gasteiger partial charge in [-0.2, -0.15) is 0 Å². The maximum Gasteiger partial charge on any atom is 0.156 e. The largest absolute Gasteiger partial charge is 0.493 e. The van der Waals surface area contributed by atoms with Crippen LogP contribution in [0.15, 0.2) is 22.7 Å². The van der Waals surface area contributed by atoms with Crippen molar-refractivity contribution >= 4 is 21.6 Å². The van der Waals surface area contributed by atoms with Crippen LogP contribution in [0.2, 0.25) is 0 Å². The second-order valence-corrected chi connectivity index (χ2v) is 4.94. The molecule has 4 heteroatoms. The van der Waals surface area contributed by atoms with Crippen LogP contribution in [-0.2, 0) is 0 Å². The third-order valence-corrected chi connectivity index (χ3v) is 3.62. The van der Waals surface area contributed by atoms with Gasteiger partial charge in [-0.15, -0.1) is 0 Å². The minimum atomic E-state index is 0.937. The number of anilines is 1. The molecule has 0 N–H and O–H groups in total. The average molecular weight is 285 g/mol. The lowest BCUT2D eigenvalue weighted by atomic mass is 10.2. The summed E-state index contributed by atoms with van der Waals surface area (Å²) >= 11 is 3.52. The molecule has 88 valence electrons. The standard InChI is InChI=1S/C12H17BrN2O/c1-14-6-8-15(9-7-14)11-5-3-4-10(13)12(11)16-2/h3-5H,6-9H2,1-2H3. The fourth-order valence-corrected chi connectivity index (χ4v) is 2.51. The van der Waals surface area contributed by atoms with Crippen molar-refractivity contribution in [2.24, 2.45) is 0 Å². The number of hydrogen-bond acceptors (Lipinski definition) is 3. The van der Waals surface area contributed by atoms with Crippen LogP contribution in [-0.4, -0.2) is 45.2 Å². The number of hydrogen-bond donors (Lipinski definition) is 0.